The second kappa shape index (κ2) is 8.15. The normalized spacial score (nSPS) is 20.1. The number of carbonyl (C=O) groups is 1. The summed E-state index contributed by atoms with van der Waals surface area (Å²) in [6.45, 7) is 2.18. The molecule has 29 heavy (non-hydrogen) atoms. The Hall–Kier alpha value is -2.40. The highest BCUT2D eigenvalue weighted by atomic mass is 35.5. The van der Waals surface area contributed by atoms with Crippen LogP contribution in [-0.4, -0.2) is 47.6 Å². The molecule has 2 aliphatic heterocycles. The number of esters is 1. The lowest BCUT2D eigenvalue weighted by Crippen LogP contribution is -2.42. The summed E-state index contributed by atoms with van der Waals surface area (Å²) < 4.78 is 50.1. The monoisotopic (exact) mass is 455 g/mol. The first kappa shape index (κ1) is 21.3. The maximum atomic E-state index is 13.4. The Morgan fingerprint density at radius 3 is 2.69 bits per heavy atom. The third kappa shape index (κ3) is 4.78. The molecule has 2 aliphatic rings. The molecule has 1 fully saturated rings. The molecule has 1 unspecified atom stereocenters. The van der Waals surface area contributed by atoms with E-state index in [1.807, 2.05) is 0 Å². The standard InChI is InChI=1S/C16H14Cl2F3N3O5/c1-8(29-22-24(26)23-3-2-4-23)27-15(25)11-6-9-5-10(17)7-12(18)13(9)28-14(11)16(19,20)21/h5-8,14H,2-4H2,1H3/b24-22-/t8?,14-/m0/s1. The Balaban J connectivity index is 1.79. The summed E-state index contributed by atoms with van der Waals surface area (Å²) in [6, 6.07) is 2.51. The minimum Gasteiger partial charge on any atom is -0.569 e. The number of fused-ring (bicyclic) bond motifs is 1. The molecule has 2 atom stereocenters. The third-order valence-electron chi connectivity index (χ3n) is 4.01. The van der Waals surface area contributed by atoms with E-state index in [4.69, 9.17) is 37.5 Å². The molecule has 1 saturated heterocycles. The number of ether oxygens (including phenoxy) is 2. The lowest BCUT2D eigenvalue weighted by molar-refractivity contribution is -0.724. The van der Waals surface area contributed by atoms with Crippen molar-refractivity contribution < 1.29 is 37.2 Å². The average molecular weight is 456 g/mol. The molecule has 0 saturated carbocycles. The summed E-state index contributed by atoms with van der Waals surface area (Å²) in [5.74, 6) is -1.62. The topological polar surface area (TPSA) is 86.4 Å². The van der Waals surface area contributed by atoms with Gasteiger partial charge in [0.25, 0.3) is 6.29 Å². The van der Waals surface area contributed by atoms with Crippen molar-refractivity contribution in [2.75, 3.05) is 13.1 Å². The Kier molecular flexibility index (Phi) is 5.99. The predicted molar refractivity (Wildman–Crippen MR) is 93.8 cm³/mol. The van der Waals surface area contributed by atoms with Gasteiger partial charge in [-0.15, -0.1) is 5.01 Å². The molecule has 2 heterocycles. The van der Waals surface area contributed by atoms with Crippen LogP contribution in [0.1, 0.15) is 18.9 Å². The summed E-state index contributed by atoms with van der Waals surface area (Å²) >= 11 is 11.7. The fraction of sp³-hybridized carbons (Fsp3) is 0.438. The fourth-order valence-electron chi connectivity index (χ4n) is 2.51. The third-order valence-corrected chi connectivity index (χ3v) is 4.51. The first-order chi connectivity index (χ1) is 13.6. The number of hydrazine groups is 1. The largest absolute Gasteiger partial charge is 0.569 e. The number of benzene rings is 1. The molecule has 0 amide bonds. The van der Waals surface area contributed by atoms with Gasteiger partial charge >= 0.3 is 12.1 Å². The molecule has 1 aromatic carbocycles. The van der Waals surface area contributed by atoms with Crippen LogP contribution in [0.5, 0.6) is 5.75 Å². The van der Waals surface area contributed by atoms with E-state index in [1.165, 1.54) is 24.1 Å². The molecule has 0 aromatic heterocycles. The Bertz CT molecular complexity index is 874. The summed E-state index contributed by atoms with van der Waals surface area (Å²) in [6.07, 6.45) is -7.22. The van der Waals surface area contributed by atoms with Crippen molar-refractivity contribution in [3.8, 4) is 5.75 Å². The maximum absolute atomic E-state index is 13.4. The zero-order valence-electron chi connectivity index (χ0n) is 14.8. The molecule has 8 nitrogen and oxygen atoms in total. The van der Waals surface area contributed by atoms with Crippen LogP contribution in [0.2, 0.25) is 10.0 Å². The number of hydrogen-bond donors (Lipinski definition) is 0. The molecule has 1 aromatic rings. The molecule has 0 N–H and O–H groups in total. The van der Waals surface area contributed by atoms with Gasteiger partial charge in [0.15, 0.2) is 0 Å². The number of rotatable bonds is 5. The van der Waals surface area contributed by atoms with Gasteiger partial charge in [0.1, 0.15) is 5.75 Å². The van der Waals surface area contributed by atoms with Crippen LogP contribution in [-0.2, 0) is 14.4 Å². The van der Waals surface area contributed by atoms with Crippen molar-refractivity contribution in [2.45, 2.75) is 31.9 Å². The van der Waals surface area contributed by atoms with Crippen LogP contribution < -0.4 is 4.74 Å². The molecule has 158 valence electrons. The van der Waals surface area contributed by atoms with E-state index in [-0.39, 0.29) is 26.3 Å². The van der Waals surface area contributed by atoms with Gasteiger partial charge in [-0.3, -0.25) is 4.84 Å². The van der Waals surface area contributed by atoms with E-state index in [0.717, 1.165) is 12.5 Å². The summed E-state index contributed by atoms with van der Waals surface area (Å²) in [5, 5.41) is 16.0. The molecular formula is C16H14Cl2F3N3O5. The van der Waals surface area contributed by atoms with Crippen molar-refractivity contribution in [2.24, 2.45) is 5.28 Å². The van der Waals surface area contributed by atoms with Gasteiger partial charge in [0.2, 0.25) is 11.4 Å². The zero-order valence-corrected chi connectivity index (χ0v) is 16.3. The van der Waals surface area contributed by atoms with Crippen LogP contribution in [0.4, 0.5) is 13.2 Å². The minimum atomic E-state index is -4.93. The van der Waals surface area contributed by atoms with E-state index < -0.39 is 30.1 Å². The second-order valence-electron chi connectivity index (χ2n) is 6.17. The number of nitrogens with zero attached hydrogens (tertiary/aromatic N) is 3. The highest BCUT2D eigenvalue weighted by Gasteiger charge is 2.49. The van der Waals surface area contributed by atoms with Gasteiger partial charge < -0.3 is 14.7 Å². The van der Waals surface area contributed by atoms with Crippen molar-refractivity contribution >= 4 is 35.2 Å². The number of carbonyl (C=O) groups excluding carboxylic acids is 1. The molecule has 3 rings (SSSR count). The van der Waals surface area contributed by atoms with Crippen molar-refractivity contribution in [3.63, 3.8) is 0 Å². The van der Waals surface area contributed by atoms with Gasteiger partial charge in [0.05, 0.1) is 28.7 Å². The molecule has 0 radical (unpaired) electrons. The van der Waals surface area contributed by atoms with E-state index in [2.05, 4.69) is 5.28 Å². The lowest BCUT2D eigenvalue weighted by atomic mass is 10.0. The Morgan fingerprint density at radius 1 is 1.41 bits per heavy atom. The second-order valence-corrected chi connectivity index (χ2v) is 7.01. The summed E-state index contributed by atoms with van der Waals surface area (Å²) in [4.78, 5) is 17.2. The lowest BCUT2D eigenvalue weighted by Gasteiger charge is -2.28. The smallest absolute Gasteiger partial charge is 0.430 e. The summed E-state index contributed by atoms with van der Waals surface area (Å²) in [7, 11) is 0. The van der Waals surface area contributed by atoms with Gasteiger partial charge in [-0.1, -0.05) is 23.2 Å². The van der Waals surface area contributed by atoms with Crippen LogP contribution in [0, 0.1) is 5.21 Å². The quantitative estimate of drug-likeness (QED) is 0.218. The number of halogens is 5. The molecule has 13 heteroatoms. The number of alkyl halides is 3. The number of hydrogen-bond acceptors (Lipinski definition) is 6. The minimum absolute atomic E-state index is 0.0803. The van der Waals surface area contributed by atoms with Gasteiger partial charge in [-0.25, -0.2) is 4.79 Å². The van der Waals surface area contributed by atoms with Gasteiger partial charge in [-0.05, 0) is 24.6 Å². The van der Waals surface area contributed by atoms with Crippen molar-refractivity contribution in [1.82, 2.24) is 5.01 Å². The van der Waals surface area contributed by atoms with Gasteiger partial charge in [0, 0.05) is 17.5 Å². The Labute approximate surface area is 172 Å². The van der Waals surface area contributed by atoms with E-state index >= 15 is 0 Å². The summed E-state index contributed by atoms with van der Waals surface area (Å²) in [5.41, 5.74) is -0.753. The van der Waals surface area contributed by atoms with E-state index in [0.29, 0.717) is 13.1 Å². The highest BCUT2D eigenvalue weighted by molar-refractivity contribution is 6.36. The SMILES string of the molecule is CC(O/N=[N+](\[O-])N1CCC1)OC(=O)C1=Cc2cc(Cl)cc(Cl)c2O[C@@H]1C(F)(F)F. The maximum Gasteiger partial charge on any atom is 0.430 e. The van der Waals surface area contributed by atoms with Crippen molar-refractivity contribution in [3.05, 3.63) is 38.5 Å². The average Bonchev–Trinajstić information content (AvgIpc) is 2.56. The van der Waals surface area contributed by atoms with Crippen LogP contribution in [0.25, 0.3) is 6.08 Å². The highest BCUT2D eigenvalue weighted by Crippen LogP contribution is 2.42. The van der Waals surface area contributed by atoms with Crippen LogP contribution in [0.15, 0.2) is 23.0 Å². The molecule has 0 aliphatic carbocycles. The van der Waals surface area contributed by atoms with E-state index in [9.17, 15) is 23.2 Å². The Morgan fingerprint density at radius 2 is 2.10 bits per heavy atom. The first-order valence-corrected chi connectivity index (χ1v) is 9.05. The van der Waals surface area contributed by atoms with Gasteiger partial charge in [-0.2, -0.15) is 13.2 Å². The van der Waals surface area contributed by atoms with Crippen LogP contribution in [0.3, 0.4) is 0 Å². The predicted octanol–water partition coefficient (Wildman–Crippen LogP) is 4.10. The van der Waals surface area contributed by atoms with Crippen molar-refractivity contribution in [1.29, 1.82) is 0 Å². The van der Waals surface area contributed by atoms with E-state index in [1.54, 1.807) is 0 Å². The van der Waals surface area contributed by atoms with Crippen LogP contribution >= 0.6 is 23.2 Å². The molecule has 0 bridgehead atoms. The fourth-order valence-corrected chi connectivity index (χ4v) is 3.07. The zero-order chi connectivity index (χ0) is 21.3. The molecular weight excluding hydrogens is 442 g/mol. The first-order valence-electron chi connectivity index (χ1n) is 8.30. The molecule has 0 spiro atoms.